The molecule has 0 radical (unpaired) electrons. The monoisotopic (exact) mass is 499 g/mol. The number of hydrogen-bond acceptors (Lipinski definition) is 4. The number of nitrogens with zero attached hydrogens (tertiary/aromatic N) is 1. The minimum absolute atomic E-state index is 0.124. The number of alkyl carbamates (subject to hydrolysis) is 1. The Balaban J connectivity index is 3.52. The molecule has 2 atom stereocenters. The van der Waals surface area contributed by atoms with Crippen LogP contribution in [-0.2, 0) is 14.3 Å². The molecule has 2 N–H and O–H groups in total. The summed E-state index contributed by atoms with van der Waals surface area (Å²) in [6.07, 6.45) is 6.81. The molecule has 1 aromatic rings. The maximum absolute atomic E-state index is 14.0. The number of carbonyl (C=O) groups excluding carboxylic acids is 3. The quantitative estimate of drug-likeness (QED) is 0.434. The van der Waals surface area contributed by atoms with Crippen molar-refractivity contribution in [2.75, 3.05) is 6.54 Å². The van der Waals surface area contributed by atoms with Gasteiger partial charge in [0.1, 0.15) is 17.7 Å². The number of unbranched alkanes of at least 4 members (excludes halogenated alkanes) is 1. The molecule has 7 nitrogen and oxygen atoms in total. The molecule has 0 aliphatic carbocycles. The molecule has 0 aliphatic rings. The zero-order chi connectivity index (χ0) is 27.7. The van der Waals surface area contributed by atoms with Crippen molar-refractivity contribution in [3.8, 4) is 12.3 Å². The maximum atomic E-state index is 14.0. The first kappa shape index (κ1) is 31.0. The molecule has 0 heterocycles. The van der Waals surface area contributed by atoms with Crippen LogP contribution in [0.2, 0.25) is 0 Å². The number of rotatable bonds is 10. The Kier molecular flexibility index (Phi) is 11.5. The zero-order valence-corrected chi connectivity index (χ0v) is 23.5. The van der Waals surface area contributed by atoms with Crippen molar-refractivity contribution >= 4 is 17.9 Å². The molecule has 0 aliphatic heterocycles. The van der Waals surface area contributed by atoms with Gasteiger partial charge in [-0.1, -0.05) is 45.2 Å². The number of ether oxygens (including phenoxy) is 1. The number of terminal acetylenes is 1. The second-order valence-corrected chi connectivity index (χ2v) is 11.6. The van der Waals surface area contributed by atoms with Crippen LogP contribution in [0.25, 0.3) is 0 Å². The molecule has 7 heteroatoms. The van der Waals surface area contributed by atoms with Crippen LogP contribution in [0.5, 0.6) is 0 Å². The summed E-state index contributed by atoms with van der Waals surface area (Å²) in [6.45, 7) is 17.3. The predicted octanol–water partition coefficient (Wildman–Crippen LogP) is 5.19. The lowest BCUT2D eigenvalue weighted by Gasteiger charge is -2.36. The first-order valence-electron chi connectivity index (χ1n) is 12.8. The van der Waals surface area contributed by atoms with Gasteiger partial charge in [0.2, 0.25) is 11.8 Å². The summed E-state index contributed by atoms with van der Waals surface area (Å²) in [5.41, 5.74) is 0.135. The van der Waals surface area contributed by atoms with Gasteiger partial charge in [-0.3, -0.25) is 9.59 Å². The smallest absolute Gasteiger partial charge is 0.408 e. The molecule has 0 fully saturated rings. The topological polar surface area (TPSA) is 87.7 Å². The highest BCUT2D eigenvalue weighted by Gasteiger charge is 2.37. The second-order valence-electron chi connectivity index (χ2n) is 11.6. The molecule has 1 rings (SSSR count). The Hall–Kier alpha value is -3.01. The summed E-state index contributed by atoms with van der Waals surface area (Å²) in [6, 6.07) is 5.37. The van der Waals surface area contributed by atoms with Crippen molar-refractivity contribution in [3.63, 3.8) is 0 Å². The standard InChI is InChI=1S/C29H45N3O4/c1-11-13-18-32(26(34)23(19-20(3)4)30-27(35)36-29(8,9)10)24(25(33)31-28(5,6)7)22-16-14-21(12-2)15-17-22/h2,14-17,20,23-24H,11,13,18-19H2,1,3-10H3,(H,30,35)(H,31,33). The van der Waals surface area contributed by atoms with Gasteiger partial charge in [0.15, 0.2) is 0 Å². The van der Waals surface area contributed by atoms with E-state index in [1.807, 2.05) is 41.5 Å². The third-order valence-electron chi connectivity index (χ3n) is 5.18. The highest BCUT2D eigenvalue weighted by molar-refractivity contribution is 5.92. The van der Waals surface area contributed by atoms with Gasteiger partial charge in [0, 0.05) is 17.6 Å². The van der Waals surface area contributed by atoms with E-state index >= 15 is 0 Å². The van der Waals surface area contributed by atoms with Crippen molar-refractivity contribution < 1.29 is 19.1 Å². The molecule has 0 aromatic heterocycles. The van der Waals surface area contributed by atoms with Gasteiger partial charge in [-0.15, -0.1) is 6.42 Å². The average molecular weight is 500 g/mol. The molecular weight excluding hydrogens is 454 g/mol. The van der Waals surface area contributed by atoms with Crippen molar-refractivity contribution in [2.24, 2.45) is 5.92 Å². The second kappa shape index (κ2) is 13.3. The van der Waals surface area contributed by atoms with Crippen LogP contribution in [0, 0.1) is 18.3 Å². The summed E-state index contributed by atoms with van der Waals surface area (Å²) in [5, 5.41) is 5.79. The van der Waals surface area contributed by atoms with Gasteiger partial charge in [-0.05, 0) is 78.0 Å². The molecule has 36 heavy (non-hydrogen) atoms. The molecule has 1 aromatic carbocycles. The van der Waals surface area contributed by atoms with E-state index < -0.39 is 29.3 Å². The van der Waals surface area contributed by atoms with Gasteiger partial charge in [-0.2, -0.15) is 0 Å². The fourth-order valence-electron chi connectivity index (χ4n) is 3.71. The van der Waals surface area contributed by atoms with Crippen LogP contribution < -0.4 is 10.6 Å². The van der Waals surface area contributed by atoms with E-state index in [1.165, 1.54) is 0 Å². The third kappa shape index (κ3) is 10.7. The van der Waals surface area contributed by atoms with Gasteiger partial charge in [-0.25, -0.2) is 4.79 Å². The Morgan fingerprint density at radius 2 is 1.64 bits per heavy atom. The lowest BCUT2D eigenvalue weighted by Crippen LogP contribution is -2.55. The van der Waals surface area contributed by atoms with E-state index in [-0.39, 0.29) is 17.7 Å². The fourth-order valence-corrected chi connectivity index (χ4v) is 3.71. The van der Waals surface area contributed by atoms with E-state index in [9.17, 15) is 14.4 Å². The van der Waals surface area contributed by atoms with E-state index in [4.69, 9.17) is 11.2 Å². The molecule has 0 saturated heterocycles. The Morgan fingerprint density at radius 3 is 2.08 bits per heavy atom. The number of amides is 3. The lowest BCUT2D eigenvalue weighted by molar-refractivity contribution is -0.143. The maximum Gasteiger partial charge on any atom is 0.408 e. The van der Waals surface area contributed by atoms with Crippen LogP contribution in [0.15, 0.2) is 24.3 Å². The number of benzene rings is 1. The highest BCUT2D eigenvalue weighted by atomic mass is 16.6. The van der Waals surface area contributed by atoms with Crippen molar-refractivity contribution in [1.29, 1.82) is 0 Å². The number of carbonyl (C=O) groups is 3. The van der Waals surface area contributed by atoms with Gasteiger partial charge >= 0.3 is 6.09 Å². The molecule has 0 spiro atoms. The minimum atomic E-state index is -0.884. The van der Waals surface area contributed by atoms with E-state index in [0.717, 1.165) is 6.42 Å². The van der Waals surface area contributed by atoms with Crippen molar-refractivity contribution in [1.82, 2.24) is 15.5 Å². The van der Waals surface area contributed by atoms with Crippen LogP contribution in [-0.4, -0.2) is 46.5 Å². The molecular formula is C29H45N3O4. The molecule has 0 saturated carbocycles. The summed E-state index contributed by atoms with van der Waals surface area (Å²) in [5.74, 6) is 2.10. The first-order chi connectivity index (χ1) is 16.6. The summed E-state index contributed by atoms with van der Waals surface area (Å²) >= 11 is 0. The molecule has 200 valence electrons. The van der Waals surface area contributed by atoms with Gasteiger partial charge < -0.3 is 20.3 Å². The van der Waals surface area contributed by atoms with E-state index in [1.54, 1.807) is 49.9 Å². The molecule has 3 amide bonds. The Bertz CT molecular complexity index is 918. The lowest BCUT2D eigenvalue weighted by atomic mass is 9.97. The average Bonchev–Trinajstić information content (AvgIpc) is 2.73. The third-order valence-corrected chi connectivity index (χ3v) is 5.18. The largest absolute Gasteiger partial charge is 0.444 e. The summed E-state index contributed by atoms with van der Waals surface area (Å²) < 4.78 is 5.43. The van der Waals surface area contributed by atoms with Crippen LogP contribution >= 0.6 is 0 Å². The summed E-state index contributed by atoms with van der Waals surface area (Å²) in [4.78, 5) is 41.9. The van der Waals surface area contributed by atoms with Gasteiger partial charge in [0.05, 0.1) is 0 Å². The van der Waals surface area contributed by atoms with Crippen LogP contribution in [0.1, 0.15) is 98.7 Å². The Morgan fingerprint density at radius 1 is 1.06 bits per heavy atom. The molecule has 0 bridgehead atoms. The van der Waals surface area contributed by atoms with Crippen molar-refractivity contribution in [2.45, 2.75) is 105 Å². The summed E-state index contributed by atoms with van der Waals surface area (Å²) in [7, 11) is 0. The predicted molar refractivity (Wildman–Crippen MR) is 144 cm³/mol. The van der Waals surface area contributed by atoms with Crippen LogP contribution in [0.3, 0.4) is 0 Å². The van der Waals surface area contributed by atoms with Crippen LogP contribution in [0.4, 0.5) is 4.79 Å². The number of nitrogens with one attached hydrogen (secondary N) is 2. The molecule has 2 unspecified atom stereocenters. The van der Waals surface area contributed by atoms with Gasteiger partial charge in [0.25, 0.3) is 0 Å². The fraction of sp³-hybridized carbons (Fsp3) is 0.621. The highest BCUT2D eigenvalue weighted by Crippen LogP contribution is 2.26. The van der Waals surface area contributed by atoms with Crippen molar-refractivity contribution in [3.05, 3.63) is 35.4 Å². The first-order valence-corrected chi connectivity index (χ1v) is 12.8. The van der Waals surface area contributed by atoms with E-state index in [0.29, 0.717) is 30.5 Å². The van der Waals surface area contributed by atoms with E-state index in [2.05, 4.69) is 16.6 Å². The SMILES string of the molecule is C#Cc1ccc(C(C(=O)NC(C)(C)C)N(CCCC)C(=O)C(CC(C)C)NC(=O)OC(C)(C)C)cc1. The zero-order valence-electron chi connectivity index (χ0n) is 23.5. The minimum Gasteiger partial charge on any atom is -0.444 e. The number of hydrogen-bond donors (Lipinski definition) is 2. The normalized spacial score (nSPS) is 13.4. The Labute approximate surface area is 217 Å².